The number of ether oxygens (including phenoxy) is 4. The minimum atomic E-state index is -0.524. The first-order valence-corrected chi connectivity index (χ1v) is 13.0. The molecule has 0 radical (unpaired) electrons. The van der Waals surface area contributed by atoms with Gasteiger partial charge in [0.2, 0.25) is 0 Å². The second-order valence-corrected chi connectivity index (χ2v) is 9.40. The molecule has 2 unspecified atom stereocenters. The SMILES string of the molecule is CCOC(=O)c1ccc2c(c1C(=O)OC1CCCCCCC1)C=CC(c1ccc(OC)cc1)C2OC. The van der Waals surface area contributed by atoms with E-state index in [9.17, 15) is 9.59 Å². The van der Waals surface area contributed by atoms with Crippen molar-refractivity contribution in [1.29, 1.82) is 0 Å². The largest absolute Gasteiger partial charge is 0.497 e. The number of methoxy groups -OCH3 is 2. The van der Waals surface area contributed by atoms with Crippen molar-refractivity contribution in [2.75, 3.05) is 20.8 Å². The topological polar surface area (TPSA) is 71.1 Å². The standard InChI is InChI=1S/C30H36O6/c1-4-35-29(31)26-19-18-25-24(27(26)30(32)36-22-10-8-6-5-7-9-11-22)17-16-23(28(25)34-3)20-12-14-21(33-2)15-13-20/h12-19,22-23,28H,4-11H2,1-3H3. The highest BCUT2D eigenvalue weighted by Crippen LogP contribution is 2.43. The van der Waals surface area contributed by atoms with Crippen LogP contribution >= 0.6 is 0 Å². The summed E-state index contributed by atoms with van der Waals surface area (Å²) in [7, 11) is 3.30. The Balaban J connectivity index is 1.72. The molecule has 0 heterocycles. The summed E-state index contributed by atoms with van der Waals surface area (Å²) >= 11 is 0. The van der Waals surface area contributed by atoms with E-state index in [1.54, 1.807) is 27.2 Å². The van der Waals surface area contributed by atoms with Crippen LogP contribution in [0, 0.1) is 0 Å². The maximum atomic E-state index is 13.6. The third-order valence-electron chi connectivity index (χ3n) is 7.16. The molecular formula is C30H36O6. The van der Waals surface area contributed by atoms with Gasteiger partial charge in [0, 0.05) is 13.0 Å². The fourth-order valence-electron chi connectivity index (χ4n) is 5.29. The van der Waals surface area contributed by atoms with Crippen LogP contribution in [0.25, 0.3) is 6.08 Å². The van der Waals surface area contributed by atoms with Gasteiger partial charge in [0.15, 0.2) is 0 Å². The van der Waals surface area contributed by atoms with Crippen molar-refractivity contribution < 1.29 is 28.5 Å². The van der Waals surface area contributed by atoms with Gasteiger partial charge < -0.3 is 18.9 Å². The zero-order valence-electron chi connectivity index (χ0n) is 21.5. The predicted molar refractivity (Wildman–Crippen MR) is 138 cm³/mol. The normalized spacial score (nSPS) is 20.1. The molecule has 1 saturated carbocycles. The van der Waals surface area contributed by atoms with Gasteiger partial charge in [0.1, 0.15) is 11.9 Å². The Kier molecular flexibility index (Phi) is 8.81. The molecule has 6 heteroatoms. The summed E-state index contributed by atoms with van der Waals surface area (Å²) in [5.41, 5.74) is 3.07. The number of esters is 2. The fourth-order valence-corrected chi connectivity index (χ4v) is 5.29. The molecule has 4 rings (SSSR count). The number of fused-ring (bicyclic) bond motifs is 1. The molecule has 192 valence electrons. The molecule has 2 atom stereocenters. The van der Waals surface area contributed by atoms with Gasteiger partial charge in [-0.3, -0.25) is 0 Å². The summed E-state index contributed by atoms with van der Waals surface area (Å²) in [5, 5.41) is 0. The quantitative estimate of drug-likeness (QED) is 0.404. The molecule has 0 aromatic heterocycles. The molecule has 2 aliphatic carbocycles. The number of hydrogen-bond acceptors (Lipinski definition) is 6. The Morgan fingerprint density at radius 2 is 1.58 bits per heavy atom. The summed E-state index contributed by atoms with van der Waals surface area (Å²) in [5.74, 6) is -0.269. The van der Waals surface area contributed by atoms with E-state index in [-0.39, 0.29) is 35.9 Å². The van der Waals surface area contributed by atoms with Gasteiger partial charge in [-0.15, -0.1) is 0 Å². The van der Waals surface area contributed by atoms with Crippen LogP contribution in [0.15, 0.2) is 42.5 Å². The van der Waals surface area contributed by atoms with Crippen molar-refractivity contribution in [3.8, 4) is 5.75 Å². The zero-order chi connectivity index (χ0) is 25.5. The van der Waals surface area contributed by atoms with Crippen LogP contribution in [0.3, 0.4) is 0 Å². The Hall–Kier alpha value is -3.12. The summed E-state index contributed by atoms with van der Waals surface area (Å²) in [6.45, 7) is 1.98. The molecule has 2 aromatic rings. The van der Waals surface area contributed by atoms with Gasteiger partial charge in [-0.25, -0.2) is 9.59 Å². The van der Waals surface area contributed by atoms with Gasteiger partial charge in [-0.05, 0) is 67.5 Å². The fraction of sp³-hybridized carbons (Fsp3) is 0.467. The van der Waals surface area contributed by atoms with E-state index < -0.39 is 11.9 Å². The Labute approximate surface area is 213 Å². The smallest absolute Gasteiger partial charge is 0.339 e. The molecule has 0 amide bonds. The molecule has 0 aliphatic heterocycles. The number of hydrogen-bond donors (Lipinski definition) is 0. The van der Waals surface area contributed by atoms with Gasteiger partial charge in [0.25, 0.3) is 0 Å². The molecule has 2 aromatic carbocycles. The van der Waals surface area contributed by atoms with Crippen molar-refractivity contribution in [3.63, 3.8) is 0 Å². The zero-order valence-corrected chi connectivity index (χ0v) is 21.5. The van der Waals surface area contributed by atoms with Crippen LogP contribution < -0.4 is 4.74 Å². The maximum Gasteiger partial charge on any atom is 0.339 e. The van der Waals surface area contributed by atoms with Crippen LogP contribution in [0.1, 0.15) is 101 Å². The van der Waals surface area contributed by atoms with E-state index in [0.717, 1.165) is 55.4 Å². The summed E-state index contributed by atoms with van der Waals surface area (Å²) in [6.07, 6.45) is 10.8. The predicted octanol–water partition coefficient (Wildman–Crippen LogP) is 6.64. The second-order valence-electron chi connectivity index (χ2n) is 9.40. The van der Waals surface area contributed by atoms with Crippen molar-refractivity contribution in [2.24, 2.45) is 0 Å². The van der Waals surface area contributed by atoms with Crippen LogP contribution in [0.2, 0.25) is 0 Å². The van der Waals surface area contributed by atoms with Crippen molar-refractivity contribution >= 4 is 18.0 Å². The molecule has 0 saturated heterocycles. The molecule has 0 spiro atoms. The van der Waals surface area contributed by atoms with Crippen LogP contribution in [-0.4, -0.2) is 38.9 Å². The first kappa shape index (κ1) is 26.0. The van der Waals surface area contributed by atoms with Crippen LogP contribution in [0.5, 0.6) is 5.75 Å². The lowest BCUT2D eigenvalue weighted by Crippen LogP contribution is -2.25. The van der Waals surface area contributed by atoms with E-state index >= 15 is 0 Å². The lowest BCUT2D eigenvalue weighted by molar-refractivity contribution is 0.0230. The van der Waals surface area contributed by atoms with Crippen LogP contribution in [0.4, 0.5) is 0 Å². The van der Waals surface area contributed by atoms with E-state index in [1.165, 1.54) is 6.42 Å². The Morgan fingerprint density at radius 3 is 2.22 bits per heavy atom. The number of carbonyl (C=O) groups excluding carboxylic acids is 2. The third-order valence-corrected chi connectivity index (χ3v) is 7.16. The van der Waals surface area contributed by atoms with Gasteiger partial charge >= 0.3 is 11.9 Å². The lowest BCUT2D eigenvalue weighted by Gasteiger charge is -2.31. The van der Waals surface area contributed by atoms with Gasteiger partial charge in [0.05, 0.1) is 30.9 Å². The van der Waals surface area contributed by atoms with Crippen LogP contribution in [-0.2, 0) is 14.2 Å². The molecule has 36 heavy (non-hydrogen) atoms. The lowest BCUT2D eigenvalue weighted by atomic mass is 9.80. The average molecular weight is 493 g/mol. The van der Waals surface area contributed by atoms with E-state index in [1.807, 2.05) is 42.5 Å². The van der Waals surface area contributed by atoms with Gasteiger partial charge in [-0.2, -0.15) is 0 Å². The van der Waals surface area contributed by atoms with E-state index in [4.69, 9.17) is 18.9 Å². The molecule has 1 fully saturated rings. The van der Waals surface area contributed by atoms with E-state index in [2.05, 4.69) is 0 Å². The first-order chi connectivity index (χ1) is 17.6. The number of carbonyl (C=O) groups is 2. The summed E-state index contributed by atoms with van der Waals surface area (Å²) in [4.78, 5) is 26.5. The molecular weight excluding hydrogens is 456 g/mol. The summed E-state index contributed by atoms with van der Waals surface area (Å²) < 4.78 is 22.6. The third kappa shape index (κ3) is 5.65. The maximum absolute atomic E-state index is 13.6. The average Bonchev–Trinajstić information content (AvgIpc) is 2.88. The number of rotatable bonds is 7. The monoisotopic (exact) mass is 492 g/mol. The molecule has 6 nitrogen and oxygen atoms in total. The highest BCUT2D eigenvalue weighted by Gasteiger charge is 2.34. The molecule has 2 aliphatic rings. The van der Waals surface area contributed by atoms with Crippen molar-refractivity contribution in [2.45, 2.75) is 70.0 Å². The molecule has 0 N–H and O–H groups in total. The highest BCUT2D eigenvalue weighted by atomic mass is 16.5. The van der Waals surface area contributed by atoms with Crippen molar-refractivity contribution in [3.05, 3.63) is 70.3 Å². The minimum Gasteiger partial charge on any atom is -0.497 e. The summed E-state index contributed by atoms with van der Waals surface area (Å²) in [6, 6.07) is 11.4. The molecule has 0 bridgehead atoms. The van der Waals surface area contributed by atoms with Gasteiger partial charge in [-0.1, -0.05) is 49.6 Å². The Morgan fingerprint density at radius 1 is 0.889 bits per heavy atom. The number of benzene rings is 2. The van der Waals surface area contributed by atoms with Crippen molar-refractivity contribution in [1.82, 2.24) is 0 Å². The Bertz CT molecular complexity index is 1080. The van der Waals surface area contributed by atoms with E-state index in [0.29, 0.717) is 5.56 Å². The highest BCUT2D eigenvalue weighted by molar-refractivity contribution is 6.06. The first-order valence-electron chi connectivity index (χ1n) is 13.0. The minimum absolute atomic E-state index is 0.0590. The second kappa shape index (κ2) is 12.2.